The molecule has 0 radical (unpaired) electrons. The van der Waals surface area contributed by atoms with Gasteiger partial charge >= 0.3 is 0 Å². The lowest BCUT2D eigenvalue weighted by molar-refractivity contribution is -0.138. The summed E-state index contributed by atoms with van der Waals surface area (Å²) in [6.07, 6.45) is 2.10. The van der Waals surface area contributed by atoms with Gasteiger partial charge in [0.05, 0.1) is 19.3 Å². The van der Waals surface area contributed by atoms with E-state index in [1.807, 2.05) is 26.8 Å². The number of likely N-dealkylation sites (tertiary alicyclic amines) is 1. The molecule has 0 spiro atoms. The van der Waals surface area contributed by atoms with Crippen LogP contribution in [0.4, 0.5) is 0 Å². The number of carbonyl (C=O) groups excluding carboxylic acids is 3. The molecule has 0 aliphatic carbocycles. The predicted octanol–water partition coefficient (Wildman–Crippen LogP) is 1.66. The number of fused-ring (bicyclic) bond motifs is 10. The number of hydrogen-bond acceptors (Lipinski definition) is 8. The van der Waals surface area contributed by atoms with Crippen molar-refractivity contribution in [3.8, 4) is 11.6 Å². The maximum Gasteiger partial charge on any atom is 0.270 e. The van der Waals surface area contributed by atoms with Gasteiger partial charge in [-0.2, -0.15) is 0 Å². The Hall–Kier alpha value is -3.70. The number of nitrogens with one attached hydrogen (secondary N) is 1. The summed E-state index contributed by atoms with van der Waals surface area (Å²) in [7, 11) is 0. The van der Waals surface area contributed by atoms with Gasteiger partial charge in [-0.05, 0) is 37.3 Å². The minimum Gasteiger partial charge on any atom is -0.508 e. The number of amides is 3. The lowest BCUT2D eigenvalue weighted by Gasteiger charge is -2.37. The molecular weight excluding hydrogens is 526 g/mol. The highest BCUT2D eigenvalue weighted by Gasteiger charge is 2.40. The third-order valence-corrected chi connectivity index (χ3v) is 8.18. The van der Waals surface area contributed by atoms with E-state index in [4.69, 9.17) is 9.47 Å². The summed E-state index contributed by atoms with van der Waals surface area (Å²) in [5, 5.41) is 13.5. The number of ether oxygens (including phenoxy) is 2. The molecule has 2 N–H and O–H groups in total. The van der Waals surface area contributed by atoms with Crippen LogP contribution < -0.4 is 10.1 Å². The predicted molar refractivity (Wildman–Crippen MR) is 150 cm³/mol. The summed E-state index contributed by atoms with van der Waals surface area (Å²) in [5.41, 5.74) is 0.966. The van der Waals surface area contributed by atoms with Gasteiger partial charge in [0, 0.05) is 63.9 Å². The molecule has 4 aliphatic heterocycles. The number of phenolic OH excluding ortho intramolecular Hbond substituents is 1. The zero-order chi connectivity index (χ0) is 28.8. The molecule has 2 atom stereocenters. The SMILES string of the molecule is CC(=O)N1CCOCCOc2cccc(n2)C(=O)N[C@@H]2C[C@@H](C(=O)N3CCC(CC3)C1)N(Cc1ccccc1O)C2. The van der Waals surface area contributed by atoms with E-state index in [1.54, 1.807) is 37.3 Å². The van der Waals surface area contributed by atoms with Gasteiger partial charge in [-0.15, -0.1) is 0 Å². The highest BCUT2D eigenvalue weighted by atomic mass is 16.5. The van der Waals surface area contributed by atoms with E-state index in [9.17, 15) is 19.5 Å². The first kappa shape index (κ1) is 28.8. The first-order valence-electron chi connectivity index (χ1n) is 14.4. The third-order valence-electron chi connectivity index (χ3n) is 8.18. The molecule has 11 nitrogen and oxygen atoms in total. The Morgan fingerprint density at radius 3 is 2.61 bits per heavy atom. The van der Waals surface area contributed by atoms with Gasteiger partial charge in [0.15, 0.2) is 0 Å². The van der Waals surface area contributed by atoms with Crippen LogP contribution in [0.3, 0.4) is 0 Å². The second-order valence-electron chi connectivity index (χ2n) is 11.0. The van der Waals surface area contributed by atoms with Crippen LogP contribution in [0.25, 0.3) is 0 Å². The minimum absolute atomic E-state index is 0.0109. The van der Waals surface area contributed by atoms with E-state index in [1.165, 1.54) is 0 Å². The lowest BCUT2D eigenvalue weighted by atomic mass is 9.95. The summed E-state index contributed by atoms with van der Waals surface area (Å²) in [4.78, 5) is 49.4. The van der Waals surface area contributed by atoms with Crippen LogP contribution in [-0.2, 0) is 20.9 Å². The second-order valence-corrected chi connectivity index (χ2v) is 11.0. The van der Waals surface area contributed by atoms with Crippen LogP contribution >= 0.6 is 0 Å². The molecule has 6 rings (SSSR count). The summed E-state index contributed by atoms with van der Waals surface area (Å²) < 4.78 is 11.4. The van der Waals surface area contributed by atoms with Crippen molar-refractivity contribution >= 4 is 17.7 Å². The number of para-hydroxylation sites is 1. The molecule has 41 heavy (non-hydrogen) atoms. The zero-order valence-electron chi connectivity index (χ0n) is 23.5. The Morgan fingerprint density at radius 2 is 1.83 bits per heavy atom. The van der Waals surface area contributed by atoms with Gasteiger partial charge in [-0.1, -0.05) is 24.3 Å². The molecule has 2 aromatic rings. The molecule has 0 saturated carbocycles. The largest absolute Gasteiger partial charge is 0.508 e. The Bertz CT molecular complexity index is 1230. The fraction of sp³-hybridized carbons (Fsp3) is 0.533. The molecule has 2 fully saturated rings. The van der Waals surface area contributed by atoms with E-state index < -0.39 is 6.04 Å². The lowest BCUT2D eigenvalue weighted by Crippen LogP contribution is -2.49. The number of aromatic nitrogens is 1. The van der Waals surface area contributed by atoms with Gasteiger partial charge < -0.3 is 29.7 Å². The van der Waals surface area contributed by atoms with E-state index in [-0.39, 0.29) is 41.8 Å². The van der Waals surface area contributed by atoms with Crippen molar-refractivity contribution in [3.05, 3.63) is 53.7 Å². The summed E-state index contributed by atoms with van der Waals surface area (Å²) in [5.74, 6) is 0.529. The number of carbonyl (C=O) groups is 3. The van der Waals surface area contributed by atoms with Crippen molar-refractivity contribution in [1.82, 2.24) is 25.0 Å². The van der Waals surface area contributed by atoms with Crippen molar-refractivity contribution in [3.63, 3.8) is 0 Å². The highest BCUT2D eigenvalue weighted by molar-refractivity contribution is 5.92. The highest BCUT2D eigenvalue weighted by Crippen LogP contribution is 2.28. The smallest absolute Gasteiger partial charge is 0.270 e. The average Bonchev–Trinajstić information content (AvgIpc) is 3.36. The fourth-order valence-electron chi connectivity index (χ4n) is 5.90. The van der Waals surface area contributed by atoms with E-state index in [0.717, 1.165) is 18.4 Å². The van der Waals surface area contributed by atoms with E-state index in [0.29, 0.717) is 70.7 Å². The molecule has 220 valence electrons. The molecule has 11 heteroatoms. The minimum atomic E-state index is -0.431. The maximum atomic E-state index is 13.9. The van der Waals surface area contributed by atoms with Crippen LogP contribution in [0, 0.1) is 5.92 Å². The Balaban J connectivity index is 1.36. The number of nitrogens with zero attached hydrogens (tertiary/aromatic N) is 4. The molecule has 5 heterocycles. The Kier molecular flexibility index (Phi) is 9.35. The van der Waals surface area contributed by atoms with Crippen LogP contribution in [-0.4, -0.2) is 107 Å². The summed E-state index contributed by atoms with van der Waals surface area (Å²) >= 11 is 0. The summed E-state index contributed by atoms with van der Waals surface area (Å²) in [6.45, 7) is 5.81. The average molecular weight is 566 g/mol. The summed E-state index contributed by atoms with van der Waals surface area (Å²) in [6, 6.07) is 11.5. The van der Waals surface area contributed by atoms with E-state index in [2.05, 4.69) is 10.3 Å². The molecule has 2 saturated heterocycles. The number of rotatable bonds is 2. The Morgan fingerprint density at radius 1 is 1.02 bits per heavy atom. The van der Waals surface area contributed by atoms with Gasteiger partial charge in [0.25, 0.3) is 5.91 Å². The standard InChI is InChI=1S/C30H39N5O6/c1-21(36)34-13-14-40-15-16-41-28-8-4-6-25(32-28)29(38)31-24-17-26(30(39)33-11-9-22(18-34)10-12-33)35(20-24)19-23-5-2-3-7-27(23)37/h2-8,22,24,26,37H,9-20H2,1H3,(H,31,38)/t24-,26+/m1/s1. The van der Waals surface area contributed by atoms with Crippen molar-refractivity contribution in [2.45, 2.75) is 44.8 Å². The third kappa shape index (κ3) is 7.34. The first-order chi connectivity index (χ1) is 19.9. The topological polar surface area (TPSA) is 125 Å². The molecule has 4 aliphatic rings. The monoisotopic (exact) mass is 565 g/mol. The van der Waals surface area contributed by atoms with Crippen LogP contribution in [0.5, 0.6) is 11.6 Å². The first-order valence-corrected chi connectivity index (χ1v) is 14.4. The van der Waals surface area contributed by atoms with Crippen molar-refractivity contribution in [1.29, 1.82) is 0 Å². The van der Waals surface area contributed by atoms with Crippen molar-refractivity contribution in [2.75, 3.05) is 52.5 Å². The number of hydrogen-bond donors (Lipinski definition) is 2. The normalized spacial score (nSPS) is 24.9. The number of benzene rings is 1. The maximum absolute atomic E-state index is 13.9. The number of piperidine rings is 1. The second kappa shape index (κ2) is 13.3. The Labute approximate surface area is 240 Å². The van der Waals surface area contributed by atoms with Gasteiger partial charge in [0.1, 0.15) is 18.1 Å². The molecule has 6 bridgehead atoms. The number of pyridine rings is 1. The van der Waals surface area contributed by atoms with Gasteiger partial charge in [0.2, 0.25) is 17.7 Å². The van der Waals surface area contributed by atoms with Gasteiger partial charge in [-0.3, -0.25) is 19.3 Å². The molecule has 1 aromatic carbocycles. The van der Waals surface area contributed by atoms with Crippen LogP contribution in [0.2, 0.25) is 0 Å². The zero-order valence-corrected chi connectivity index (χ0v) is 23.5. The van der Waals surface area contributed by atoms with Crippen LogP contribution in [0.1, 0.15) is 42.2 Å². The molecule has 1 aromatic heterocycles. The van der Waals surface area contributed by atoms with E-state index >= 15 is 0 Å². The molecular formula is C30H39N5O6. The molecule has 0 unspecified atom stereocenters. The fourth-order valence-corrected chi connectivity index (χ4v) is 5.90. The quantitative estimate of drug-likeness (QED) is 0.527. The number of aromatic hydroxyl groups is 1. The number of phenols is 1. The van der Waals surface area contributed by atoms with Gasteiger partial charge in [-0.25, -0.2) is 4.98 Å². The van der Waals surface area contributed by atoms with Crippen LogP contribution in [0.15, 0.2) is 42.5 Å². The molecule has 3 amide bonds. The van der Waals surface area contributed by atoms with Crippen molar-refractivity contribution < 1.29 is 29.0 Å². The van der Waals surface area contributed by atoms with Crippen molar-refractivity contribution in [2.24, 2.45) is 5.92 Å².